The van der Waals surface area contributed by atoms with Crippen LogP contribution in [0.1, 0.15) is 101 Å². The van der Waals surface area contributed by atoms with Crippen LogP contribution in [0.3, 0.4) is 0 Å². The topological polar surface area (TPSA) is 171 Å². The van der Waals surface area contributed by atoms with E-state index >= 15 is 0 Å². The third kappa shape index (κ3) is 9.87. The van der Waals surface area contributed by atoms with Crippen molar-refractivity contribution in [2.45, 2.75) is 134 Å². The van der Waals surface area contributed by atoms with Crippen molar-refractivity contribution in [1.29, 1.82) is 0 Å². The van der Waals surface area contributed by atoms with Crippen molar-refractivity contribution in [2.75, 3.05) is 77.8 Å². The molecule has 5 saturated heterocycles. The third-order valence-corrected chi connectivity index (χ3v) is 16.8. The Bertz CT molecular complexity index is 2590. The highest BCUT2D eigenvalue weighted by molar-refractivity contribution is 7.10. The summed E-state index contributed by atoms with van der Waals surface area (Å²) in [7, 11) is 1.74. The van der Waals surface area contributed by atoms with E-state index in [1.54, 1.807) is 12.1 Å². The van der Waals surface area contributed by atoms with E-state index < -0.39 is 41.6 Å². The number of pyridine rings is 1. The Labute approximate surface area is 420 Å². The van der Waals surface area contributed by atoms with Crippen LogP contribution in [0, 0.1) is 11.3 Å². The molecule has 2 amide bonds. The summed E-state index contributed by atoms with van der Waals surface area (Å²) in [6.07, 6.45) is 6.98. The summed E-state index contributed by atoms with van der Waals surface area (Å²) >= 11 is 1.40. The number of piperazine rings is 1. The van der Waals surface area contributed by atoms with Gasteiger partial charge in [-0.25, -0.2) is 10.4 Å². The molecule has 3 aromatic heterocycles. The number of aromatic nitrogens is 3. The first-order valence-electron chi connectivity index (χ1n) is 26.1. The lowest BCUT2D eigenvalue weighted by atomic mass is 9.73. The second-order valence-electron chi connectivity index (χ2n) is 21.4. The quantitative estimate of drug-likeness (QED) is 0.150. The van der Waals surface area contributed by atoms with Crippen molar-refractivity contribution in [2.24, 2.45) is 11.3 Å². The van der Waals surface area contributed by atoms with E-state index in [0.717, 1.165) is 95.4 Å². The molecule has 5 atom stereocenters. The number of rotatable bonds is 13. The van der Waals surface area contributed by atoms with E-state index in [0.29, 0.717) is 63.7 Å². The molecule has 9 heterocycles. The molecule has 2 N–H and O–H groups in total. The van der Waals surface area contributed by atoms with Gasteiger partial charge in [0.15, 0.2) is 0 Å². The Morgan fingerprint density at radius 3 is 2.52 bits per heavy atom. The van der Waals surface area contributed by atoms with Gasteiger partial charge in [-0.2, -0.15) is 0 Å². The maximum Gasteiger partial charge on any atom is 0.325 e. The molecule has 17 nitrogen and oxygen atoms in total. The van der Waals surface area contributed by atoms with E-state index in [2.05, 4.69) is 70.1 Å². The summed E-state index contributed by atoms with van der Waals surface area (Å²) in [5.41, 5.74) is 10.5. The largest absolute Gasteiger partial charge is 0.464 e. The molecule has 18 heteroatoms. The van der Waals surface area contributed by atoms with Gasteiger partial charge < -0.3 is 43.2 Å². The van der Waals surface area contributed by atoms with Gasteiger partial charge >= 0.3 is 5.97 Å². The number of thiazole rings is 1. The van der Waals surface area contributed by atoms with Crippen molar-refractivity contribution in [3.05, 3.63) is 52.1 Å². The molecule has 2 aliphatic carbocycles. The lowest BCUT2D eigenvalue weighted by Gasteiger charge is -2.53. The van der Waals surface area contributed by atoms with Crippen LogP contribution in [-0.2, 0) is 55.8 Å². The van der Waals surface area contributed by atoms with Crippen molar-refractivity contribution in [3.8, 4) is 22.5 Å². The number of carbonyl (C=O) groups excluding carboxylic acids is 3. The minimum absolute atomic E-state index is 0.00916. The minimum atomic E-state index is -1.14. The fourth-order valence-electron chi connectivity index (χ4n) is 11.5. The molecule has 6 aliphatic heterocycles. The van der Waals surface area contributed by atoms with E-state index in [1.165, 1.54) is 24.2 Å². The van der Waals surface area contributed by atoms with E-state index in [4.69, 9.17) is 38.4 Å². The first-order chi connectivity index (χ1) is 34.5. The number of nitrogens with zero attached hydrogens (tertiary/aromatic N) is 6. The number of carbonyl (C=O) groups is 3. The normalized spacial score (nSPS) is 27.7. The van der Waals surface area contributed by atoms with Crippen LogP contribution in [-0.4, -0.2) is 152 Å². The standard InChI is InChI=1S/C53H70N8O9S/c1-6-67-48-46(56-49(62)43-13-21-69-43)51(63)61-35-23-33(24-35)45(57-61)52(64)70-30-53(3,4)27-40-38-25-32(41-29-71-50(48)55-41)7-10-42(38)60(18-22-68-37-11-19-66-20-12-37)47(40)39-26-36(28-54-44(39)31(2)65-5)59-16-14-58(15-17-59)34-8-9-34/h7,10,25-26,28-29,31,33-35,37,43,45-46,48,57H,6,8-9,11-24,27,30H2,1-5H3,(H,56,62)/t31-,33?,35?,43-,45-,46-,48-/m0/s1. The van der Waals surface area contributed by atoms with Crippen LogP contribution in [0.2, 0.25) is 0 Å². The Kier molecular flexibility index (Phi) is 14.0. The van der Waals surface area contributed by atoms with Gasteiger partial charge in [0, 0.05) is 111 Å². The highest BCUT2D eigenvalue weighted by atomic mass is 32.1. The van der Waals surface area contributed by atoms with Crippen molar-refractivity contribution < 1.29 is 42.8 Å². The van der Waals surface area contributed by atoms with Gasteiger partial charge in [0.2, 0.25) is 5.91 Å². The van der Waals surface area contributed by atoms with Crippen LogP contribution in [0.25, 0.3) is 33.4 Å². The number of ether oxygens (including phenoxy) is 6. The molecule has 382 valence electrons. The van der Waals surface area contributed by atoms with Gasteiger partial charge in [-0.3, -0.25) is 29.3 Å². The lowest BCUT2D eigenvalue weighted by molar-refractivity contribution is -0.173. The molecule has 12 rings (SSSR count). The highest BCUT2D eigenvalue weighted by Crippen LogP contribution is 2.45. The summed E-state index contributed by atoms with van der Waals surface area (Å²) in [4.78, 5) is 58.5. The fraction of sp³-hybridized carbons (Fsp3) is 0.642. The summed E-state index contributed by atoms with van der Waals surface area (Å²) in [6.45, 7) is 15.5. The Morgan fingerprint density at radius 1 is 1.01 bits per heavy atom. The zero-order valence-electron chi connectivity index (χ0n) is 41.9. The average molecular weight is 995 g/mol. The third-order valence-electron chi connectivity index (χ3n) is 15.9. The van der Waals surface area contributed by atoms with Gasteiger partial charge in [0.1, 0.15) is 29.3 Å². The Hall–Kier alpha value is -4.53. The van der Waals surface area contributed by atoms with Crippen LogP contribution < -0.4 is 15.6 Å². The summed E-state index contributed by atoms with van der Waals surface area (Å²) in [5, 5.41) is 8.16. The van der Waals surface area contributed by atoms with E-state index in [9.17, 15) is 14.4 Å². The number of hydrogen-bond donors (Lipinski definition) is 2. The maximum atomic E-state index is 14.9. The lowest BCUT2D eigenvalue weighted by Crippen LogP contribution is -2.72. The number of anilines is 1. The second-order valence-corrected chi connectivity index (χ2v) is 22.3. The number of esters is 1. The average Bonchev–Trinajstić information content (AvgIpc) is 4.02. The summed E-state index contributed by atoms with van der Waals surface area (Å²) in [5.74, 6) is -1.16. The highest BCUT2D eigenvalue weighted by Gasteiger charge is 2.53. The van der Waals surface area contributed by atoms with Gasteiger partial charge in [-0.05, 0) is 88.5 Å². The molecule has 8 bridgehead atoms. The monoisotopic (exact) mass is 994 g/mol. The number of nitrogens with one attached hydrogen (secondary N) is 2. The van der Waals surface area contributed by atoms with Crippen molar-refractivity contribution in [3.63, 3.8) is 0 Å². The molecule has 0 unspecified atom stereocenters. The number of fused-ring (bicyclic) bond motifs is 4. The first kappa shape index (κ1) is 48.7. The SMILES string of the molecule is CCO[C@@H]1c2nc(cs2)-c2ccc3c(c2)c(c(-c2cc(N4CCN(C5CC5)CC4)cnc2[C@H](C)OC)n3CCOC2CCOCC2)CC(C)(C)COC(=O)[C@H]2NN(C(=O)[C@H]1NC(=O)[C@@H]1CCO1)C1CC2C1. The first-order valence-corrected chi connectivity index (χ1v) is 27.0. The van der Waals surface area contributed by atoms with Gasteiger partial charge in [0.25, 0.3) is 5.91 Å². The molecule has 8 aliphatic rings. The van der Waals surface area contributed by atoms with Crippen LogP contribution >= 0.6 is 11.3 Å². The molecule has 1 aromatic carbocycles. The van der Waals surface area contributed by atoms with Crippen LogP contribution in [0.15, 0.2) is 35.8 Å². The molecular formula is C53H70N8O9S. The number of methoxy groups -OCH3 is 1. The van der Waals surface area contributed by atoms with E-state index in [-0.39, 0.29) is 43.3 Å². The second kappa shape index (κ2) is 20.4. The zero-order valence-corrected chi connectivity index (χ0v) is 42.7. The van der Waals surface area contributed by atoms with Gasteiger partial charge in [0.05, 0.1) is 61.0 Å². The molecule has 0 spiro atoms. The molecular weight excluding hydrogens is 925 g/mol. The van der Waals surface area contributed by atoms with Crippen LogP contribution in [0.4, 0.5) is 5.69 Å². The van der Waals surface area contributed by atoms with Gasteiger partial charge in [-0.15, -0.1) is 11.3 Å². The number of cyclic esters (lactones) is 1. The summed E-state index contributed by atoms with van der Waals surface area (Å²) in [6, 6.07) is 7.54. The maximum absolute atomic E-state index is 14.9. The zero-order chi connectivity index (χ0) is 49.0. The molecule has 0 radical (unpaired) electrons. The predicted molar refractivity (Wildman–Crippen MR) is 268 cm³/mol. The molecule has 2 saturated carbocycles. The number of hydrogen-bond acceptors (Lipinski definition) is 15. The smallest absolute Gasteiger partial charge is 0.325 e. The van der Waals surface area contributed by atoms with Gasteiger partial charge in [-0.1, -0.05) is 19.9 Å². The minimum Gasteiger partial charge on any atom is -0.464 e. The predicted octanol–water partition coefficient (Wildman–Crippen LogP) is 5.99. The molecule has 4 aromatic rings. The number of amides is 2. The number of hydrazine groups is 1. The molecule has 71 heavy (non-hydrogen) atoms. The number of benzene rings is 1. The Balaban J connectivity index is 1.06. The fourth-order valence-corrected chi connectivity index (χ4v) is 12.4. The van der Waals surface area contributed by atoms with Crippen LogP contribution in [0.5, 0.6) is 0 Å². The summed E-state index contributed by atoms with van der Waals surface area (Å²) < 4.78 is 39.1. The Morgan fingerprint density at radius 2 is 1.80 bits per heavy atom. The molecule has 7 fully saturated rings. The van der Waals surface area contributed by atoms with Crippen molar-refractivity contribution in [1.82, 2.24) is 35.2 Å². The van der Waals surface area contributed by atoms with E-state index in [1.807, 2.05) is 18.5 Å². The van der Waals surface area contributed by atoms with Crippen molar-refractivity contribution >= 4 is 45.7 Å².